The van der Waals surface area contributed by atoms with E-state index in [0.717, 1.165) is 34.3 Å². The predicted octanol–water partition coefficient (Wildman–Crippen LogP) is 7.54. The Bertz CT molecular complexity index is 1240. The molecule has 1 unspecified atom stereocenters. The minimum absolute atomic E-state index is 0.0656. The molecule has 4 aromatic rings. The van der Waals surface area contributed by atoms with E-state index in [-0.39, 0.29) is 6.04 Å². The van der Waals surface area contributed by atoms with Gasteiger partial charge in [0.25, 0.3) is 0 Å². The molecule has 0 fully saturated rings. The van der Waals surface area contributed by atoms with Gasteiger partial charge in [-0.25, -0.2) is 9.99 Å². The molecule has 2 aromatic carbocycles. The van der Waals surface area contributed by atoms with Crippen molar-refractivity contribution in [3.63, 3.8) is 0 Å². The maximum Gasteiger partial charge on any atom is 0.207 e. The molecule has 0 N–H and O–H groups in total. The SMILES string of the molecule is COc1ccc(C2CC(c3cccs3)=NN2c2nc(-c3ccc(Cl)c(Cl)c3)cs2)cc1. The van der Waals surface area contributed by atoms with Crippen molar-refractivity contribution in [3.05, 3.63) is 85.8 Å². The monoisotopic (exact) mass is 485 g/mol. The Morgan fingerprint density at radius 3 is 2.58 bits per heavy atom. The lowest BCUT2D eigenvalue weighted by molar-refractivity contribution is 0.414. The van der Waals surface area contributed by atoms with Gasteiger partial charge in [0.2, 0.25) is 5.13 Å². The molecule has 0 saturated carbocycles. The Labute approximate surface area is 198 Å². The Balaban J connectivity index is 1.51. The van der Waals surface area contributed by atoms with Gasteiger partial charge in [0.15, 0.2) is 0 Å². The number of ether oxygens (including phenoxy) is 1. The maximum atomic E-state index is 6.20. The van der Waals surface area contributed by atoms with Gasteiger partial charge in [-0.3, -0.25) is 0 Å². The van der Waals surface area contributed by atoms with E-state index >= 15 is 0 Å². The average Bonchev–Trinajstić information content (AvgIpc) is 3.55. The van der Waals surface area contributed by atoms with Crippen molar-refractivity contribution in [1.82, 2.24) is 4.98 Å². The summed E-state index contributed by atoms with van der Waals surface area (Å²) in [5, 5.41) is 13.0. The van der Waals surface area contributed by atoms with Crippen LogP contribution in [-0.2, 0) is 0 Å². The Kier molecular flexibility index (Phi) is 5.71. The van der Waals surface area contributed by atoms with Crippen LogP contribution in [0, 0.1) is 0 Å². The molecule has 156 valence electrons. The summed E-state index contributed by atoms with van der Waals surface area (Å²) in [5.41, 5.74) is 4.02. The zero-order chi connectivity index (χ0) is 21.4. The molecular weight excluding hydrogens is 469 g/mol. The van der Waals surface area contributed by atoms with E-state index in [1.54, 1.807) is 35.8 Å². The van der Waals surface area contributed by atoms with Crippen LogP contribution in [0.1, 0.15) is 22.9 Å². The van der Waals surface area contributed by atoms with E-state index in [1.807, 2.05) is 34.7 Å². The van der Waals surface area contributed by atoms with Crippen LogP contribution in [-0.4, -0.2) is 17.8 Å². The molecule has 4 nitrogen and oxygen atoms in total. The summed E-state index contributed by atoms with van der Waals surface area (Å²) in [4.78, 5) is 6.06. The van der Waals surface area contributed by atoms with Crippen molar-refractivity contribution in [3.8, 4) is 17.0 Å². The molecule has 0 radical (unpaired) electrons. The second-order valence-corrected chi connectivity index (χ2v) is 9.60. The number of halogens is 2. The number of nitrogens with zero attached hydrogens (tertiary/aromatic N) is 3. The number of hydrogen-bond acceptors (Lipinski definition) is 6. The first-order valence-corrected chi connectivity index (χ1v) is 12.1. The van der Waals surface area contributed by atoms with Crippen LogP contribution in [0.15, 0.2) is 70.5 Å². The van der Waals surface area contributed by atoms with Gasteiger partial charge in [0.1, 0.15) is 5.75 Å². The second kappa shape index (κ2) is 8.63. The molecule has 1 atom stereocenters. The van der Waals surface area contributed by atoms with Crippen molar-refractivity contribution in [2.75, 3.05) is 12.1 Å². The number of anilines is 1. The number of methoxy groups -OCH3 is 1. The highest BCUT2D eigenvalue weighted by molar-refractivity contribution is 7.14. The predicted molar refractivity (Wildman–Crippen MR) is 131 cm³/mol. The molecule has 0 aliphatic carbocycles. The lowest BCUT2D eigenvalue weighted by Crippen LogP contribution is -2.18. The quantitative estimate of drug-likeness (QED) is 0.292. The van der Waals surface area contributed by atoms with Gasteiger partial charge in [0.05, 0.1) is 39.5 Å². The fraction of sp³-hybridized carbons (Fsp3) is 0.130. The summed E-state index contributed by atoms with van der Waals surface area (Å²) in [5.74, 6) is 0.837. The normalized spacial score (nSPS) is 15.9. The largest absolute Gasteiger partial charge is 0.497 e. The summed E-state index contributed by atoms with van der Waals surface area (Å²) < 4.78 is 5.32. The van der Waals surface area contributed by atoms with Gasteiger partial charge in [-0.2, -0.15) is 5.10 Å². The first kappa shape index (κ1) is 20.5. The van der Waals surface area contributed by atoms with Crippen LogP contribution in [0.25, 0.3) is 11.3 Å². The molecule has 0 spiro atoms. The number of thiophene rings is 1. The van der Waals surface area contributed by atoms with Crippen LogP contribution in [0.5, 0.6) is 5.75 Å². The third-order valence-corrected chi connectivity index (χ3v) is 7.61. The van der Waals surface area contributed by atoms with E-state index in [9.17, 15) is 0 Å². The molecule has 2 aromatic heterocycles. The number of benzene rings is 2. The van der Waals surface area contributed by atoms with Gasteiger partial charge in [-0.15, -0.1) is 22.7 Å². The second-order valence-electron chi connectivity index (χ2n) is 7.01. The van der Waals surface area contributed by atoms with Crippen molar-refractivity contribution < 1.29 is 4.74 Å². The molecule has 0 bridgehead atoms. The van der Waals surface area contributed by atoms with Crippen LogP contribution < -0.4 is 9.75 Å². The fourth-order valence-electron chi connectivity index (χ4n) is 3.52. The Morgan fingerprint density at radius 2 is 1.87 bits per heavy atom. The van der Waals surface area contributed by atoms with E-state index in [4.69, 9.17) is 38.0 Å². The lowest BCUT2D eigenvalue weighted by Gasteiger charge is -2.21. The summed E-state index contributed by atoms with van der Waals surface area (Å²) in [7, 11) is 1.68. The van der Waals surface area contributed by atoms with E-state index in [1.165, 1.54) is 10.4 Å². The minimum atomic E-state index is 0.0656. The van der Waals surface area contributed by atoms with Crippen molar-refractivity contribution in [2.24, 2.45) is 5.10 Å². The van der Waals surface area contributed by atoms with Crippen LogP contribution in [0.2, 0.25) is 10.0 Å². The van der Waals surface area contributed by atoms with Gasteiger partial charge < -0.3 is 4.74 Å². The number of rotatable bonds is 5. The molecule has 5 rings (SSSR count). The molecule has 1 aliphatic rings. The number of hydrogen-bond donors (Lipinski definition) is 0. The fourth-order valence-corrected chi connectivity index (χ4v) is 5.37. The standard InChI is InChI=1S/C23H17Cl2N3OS2/c1-29-16-7-4-14(5-8-16)21-12-19(22-3-2-10-30-22)27-28(21)23-26-20(13-31-23)15-6-9-17(24)18(25)11-15/h2-11,13,21H,12H2,1H3. The highest BCUT2D eigenvalue weighted by Gasteiger charge is 2.32. The van der Waals surface area contributed by atoms with Crippen molar-refractivity contribution in [2.45, 2.75) is 12.5 Å². The van der Waals surface area contributed by atoms with Gasteiger partial charge in [-0.05, 0) is 41.3 Å². The molecule has 8 heteroatoms. The third kappa shape index (κ3) is 4.08. The van der Waals surface area contributed by atoms with E-state index in [2.05, 4.69) is 29.6 Å². The molecular formula is C23H17Cl2N3OS2. The molecule has 31 heavy (non-hydrogen) atoms. The topological polar surface area (TPSA) is 37.7 Å². The first-order valence-electron chi connectivity index (χ1n) is 9.58. The molecule has 0 saturated heterocycles. The smallest absolute Gasteiger partial charge is 0.207 e. The summed E-state index contributed by atoms with van der Waals surface area (Å²) in [6, 6.07) is 18.0. The molecule has 3 heterocycles. The first-order chi connectivity index (χ1) is 15.1. The zero-order valence-corrected chi connectivity index (χ0v) is 19.6. The van der Waals surface area contributed by atoms with Crippen molar-refractivity contribution >= 4 is 56.7 Å². The molecule has 0 amide bonds. The Hall–Kier alpha value is -2.38. The highest BCUT2D eigenvalue weighted by Crippen LogP contribution is 2.40. The van der Waals surface area contributed by atoms with E-state index in [0.29, 0.717) is 10.0 Å². The maximum absolute atomic E-state index is 6.20. The van der Waals surface area contributed by atoms with Crippen molar-refractivity contribution in [1.29, 1.82) is 0 Å². The van der Waals surface area contributed by atoms with Crippen LogP contribution >= 0.6 is 45.9 Å². The van der Waals surface area contributed by atoms with Gasteiger partial charge in [-0.1, -0.05) is 47.5 Å². The third-order valence-electron chi connectivity index (χ3n) is 5.12. The van der Waals surface area contributed by atoms with Gasteiger partial charge in [0, 0.05) is 17.4 Å². The number of thiazole rings is 1. The number of hydrazone groups is 1. The molecule has 1 aliphatic heterocycles. The summed E-state index contributed by atoms with van der Waals surface area (Å²) >= 11 is 15.5. The van der Waals surface area contributed by atoms with Crippen LogP contribution in [0.3, 0.4) is 0 Å². The minimum Gasteiger partial charge on any atom is -0.497 e. The van der Waals surface area contributed by atoms with Gasteiger partial charge >= 0.3 is 0 Å². The number of aromatic nitrogens is 1. The highest BCUT2D eigenvalue weighted by atomic mass is 35.5. The zero-order valence-electron chi connectivity index (χ0n) is 16.5. The Morgan fingerprint density at radius 1 is 1.03 bits per heavy atom. The summed E-state index contributed by atoms with van der Waals surface area (Å²) in [6.45, 7) is 0. The van der Waals surface area contributed by atoms with Crippen LogP contribution in [0.4, 0.5) is 5.13 Å². The lowest BCUT2D eigenvalue weighted by atomic mass is 10.0. The van der Waals surface area contributed by atoms with E-state index < -0.39 is 0 Å². The average molecular weight is 486 g/mol. The summed E-state index contributed by atoms with van der Waals surface area (Å²) in [6.07, 6.45) is 0.814.